The van der Waals surface area contributed by atoms with Crippen molar-refractivity contribution in [2.24, 2.45) is 0 Å². The van der Waals surface area contributed by atoms with Crippen LogP contribution in [0.15, 0.2) is 6.20 Å². The molecule has 1 N–H and O–H groups in total. The third kappa shape index (κ3) is 1.63. The summed E-state index contributed by atoms with van der Waals surface area (Å²) in [6, 6.07) is 0. The number of aromatic nitrogens is 3. The topological polar surface area (TPSA) is 79.0 Å². The van der Waals surface area contributed by atoms with Gasteiger partial charge in [0.25, 0.3) is 0 Å². The van der Waals surface area contributed by atoms with Gasteiger partial charge in [0.2, 0.25) is 11.8 Å². The molecule has 0 bridgehead atoms. The lowest BCUT2D eigenvalue weighted by Crippen LogP contribution is -2.33. The summed E-state index contributed by atoms with van der Waals surface area (Å²) < 4.78 is 0. The lowest BCUT2D eigenvalue weighted by molar-refractivity contribution is -0.141. The summed E-state index contributed by atoms with van der Waals surface area (Å²) in [7, 11) is 0. The predicted octanol–water partition coefficient (Wildman–Crippen LogP) is -0.504. The molecule has 0 unspecified atom stereocenters. The molecule has 6 nitrogen and oxygen atoms in total. The van der Waals surface area contributed by atoms with Crippen LogP contribution in [-0.4, -0.2) is 38.7 Å². The van der Waals surface area contributed by atoms with E-state index in [-0.39, 0.29) is 18.2 Å². The van der Waals surface area contributed by atoms with Crippen LogP contribution in [-0.2, 0) is 16.0 Å². The van der Waals surface area contributed by atoms with E-state index in [1.54, 1.807) is 6.20 Å². The molecule has 1 fully saturated rings. The van der Waals surface area contributed by atoms with Gasteiger partial charge in [-0.25, -0.2) is 0 Å². The largest absolute Gasteiger partial charge is 0.282 e. The number of hydrogen-bond donors (Lipinski definition) is 1. The van der Waals surface area contributed by atoms with Crippen molar-refractivity contribution in [1.29, 1.82) is 0 Å². The highest BCUT2D eigenvalue weighted by Gasteiger charge is 2.26. The first-order chi connectivity index (χ1) is 6.77. The standard InChI is InChI=1S/C8H10N4O2/c13-7-2-1-3-12(7)8(14)4-6-5-9-11-10-6/h5H,1-4H2,(H,9,10,11). The number of carbonyl (C=O) groups excluding carboxylic acids is 2. The average molecular weight is 194 g/mol. The Balaban J connectivity index is 1.99. The van der Waals surface area contributed by atoms with Crippen molar-refractivity contribution < 1.29 is 9.59 Å². The predicted molar refractivity (Wildman–Crippen MR) is 46.0 cm³/mol. The number of H-pyrrole nitrogens is 1. The van der Waals surface area contributed by atoms with Crippen molar-refractivity contribution in [3.05, 3.63) is 11.9 Å². The molecule has 0 saturated carbocycles. The average Bonchev–Trinajstić information content (AvgIpc) is 2.75. The van der Waals surface area contributed by atoms with Gasteiger partial charge in [0.05, 0.1) is 12.1 Å². The van der Waals surface area contributed by atoms with Gasteiger partial charge in [-0.1, -0.05) is 5.21 Å². The molecule has 6 heteroatoms. The zero-order chi connectivity index (χ0) is 9.97. The third-order valence-corrected chi connectivity index (χ3v) is 2.17. The SMILES string of the molecule is O=C1CCCN1C(=O)Cc1c[nH]nn1. The number of nitrogens with zero attached hydrogens (tertiary/aromatic N) is 3. The molecule has 0 radical (unpaired) electrons. The third-order valence-electron chi connectivity index (χ3n) is 2.17. The van der Waals surface area contributed by atoms with E-state index in [0.29, 0.717) is 18.7 Å². The molecule has 0 aromatic carbocycles. The molecular formula is C8H10N4O2. The quantitative estimate of drug-likeness (QED) is 0.688. The molecule has 14 heavy (non-hydrogen) atoms. The lowest BCUT2D eigenvalue weighted by atomic mass is 10.3. The van der Waals surface area contributed by atoms with Crippen LogP contribution in [0.3, 0.4) is 0 Å². The molecular weight excluding hydrogens is 184 g/mol. The minimum absolute atomic E-state index is 0.0847. The van der Waals surface area contributed by atoms with Gasteiger partial charge in [0.15, 0.2) is 0 Å². The number of rotatable bonds is 2. The Morgan fingerprint density at radius 3 is 3.07 bits per heavy atom. The Morgan fingerprint density at radius 2 is 2.50 bits per heavy atom. The van der Waals surface area contributed by atoms with Gasteiger partial charge in [0.1, 0.15) is 0 Å². The van der Waals surface area contributed by atoms with Crippen LogP contribution in [0, 0.1) is 0 Å². The van der Waals surface area contributed by atoms with Gasteiger partial charge in [-0.05, 0) is 6.42 Å². The molecule has 1 aromatic rings. The maximum atomic E-state index is 11.5. The van der Waals surface area contributed by atoms with Gasteiger partial charge in [-0.3, -0.25) is 19.6 Å². The van der Waals surface area contributed by atoms with E-state index in [2.05, 4.69) is 15.4 Å². The van der Waals surface area contributed by atoms with Crippen LogP contribution < -0.4 is 0 Å². The Kier molecular flexibility index (Phi) is 2.26. The number of hydrogen-bond acceptors (Lipinski definition) is 4. The highest BCUT2D eigenvalue weighted by Crippen LogP contribution is 2.11. The van der Waals surface area contributed by atoms with E-state index >= 15 is 0 Å². The number of likely N-dealkylation sites (tertiary alicyclic amines) is 1. The van der Waals surface area contributed by atoms with E-state index in [0.717, 1.165) is 6.42 Å². The molecule has 2 heterocycles. The molecule has 1 aromatic heterocycles. The van der Waals surface area contributed by atoms with E-state index in [9.17, 15) is 9.59 Å². The molecule has 0 aliphatic carbocycles. The summed E-state index contributed by atoms with van der Waals surface area (Å²) in [6.45, 7) is 0.537. The van der Waals surface area contributed by atoms with Crippen molar-refractivity contribution in [2.75, 3.05) is 6.54 Å². The number of imide groups is 1. The summed E-state index contributed by atoms with van der Waals surface area (Å²) in [5.74, 6) is -0.278. The first kappa shape index (κ1) is 8.86. The van der Waals surface area contributed by atoms with Gasteiger partial charge >= 0.3 is 0 Å². The van der Waals surface area contributed by atoms with E-state index in [1.807, 2.05) is 0 Å². The van der Waals surface area contributed by atoms with Crippen LogP contribution in [0.5, 0.6) is 0 Å². The molecule has 1 aliphatic heterocycles. The Morgan fingerprint density at radius 1 is 1.64 bits per heavy atom. The minimum atomic E-state index is -0.193. The normalized spacial score (nSPS) is 16.3. The molecule has 0 spiro atoms. The Bertz CT molecular complexity index is 346. The summed E-state index contributed by atoms with van der Waals surface area (Å²) in [4.78, 5) is 24.0. The monoisotopic (exact) mass is 194 g/mol. The smallest absolute Gasteiger partial charge is 0.235 e. The molecule has 74 valence electrons. The van der Waals surface area contributed by atoms with E-state index in [4.69, 9.17) is 0 Å². The number of amides is 2. The number of nitrogens with one attached hydrogen (secondary N) is 1. The molecule has 2 amide bonds. The van der Waals surface area contributed by atoms with Crippen molar-refractivity contribution in [3.63, 3.8) is 0 Å². The second kappa shape index (κ2) is 3.57. The number of carbonyl (C=O) groups is 2. The van der Waals surface area contributed by atoms with Crippen molar-refractivity contribution in [1.82, 2.24) is 20.3 Å². The maximum absolute atomic E-state index is 11.5. The second-order valence-corrected chi connectivity index (χ2v) is 3.18. The first-order valence-corrected chi connectivity index (χ1v) is 4.46. The highest BCUT2D eigenvalue weighted by molar-refractivity contribution is 5.97. The number of aromatic amines is 1. The van der Waals surface area contributed by atoms with Crippen molar-refractivity contribution in [3.8, 4) is 0 Å². The van der Waals surface area contributed by atoms with Crippen molar-refractivity contribution in [2.45, 2.75) is 19.3 Å². The minimum Gasteiger partial charge on any atom is -0.282 e. The summed E-state index contributed by atoms with van der Waals surface area (Å²) >= 11 is 0. The highest BCUT2D eigenvalue weighted by atomic mass is 16.2. The maximum Gasteiger partial charge on any atom is 0.235 e. The fraction of sp³-hybridized carbons (Fsp3) is 0.500. The van der Waals surface area contributed by atoms with Crippen LogP contribution in [0.2, 0.25) is 0 Å². The Labute approximate surface area is 80.3 Å². The molecule has 1 aliphatic rings. The van der Waals surface area contributed by atoms with Gasteiger partial charge < -0.3 is 0 Å². The zero-order valence-corrected chi connectivity index (χ0v) is 7.56. The zero-order valence-electron chi connectivity index (χ0n) is 7.56. The summed E-state index contributed by atoms with van der Waals surface area (Å²) in [5, 5.41) is 9.70. The molecule has 1 saturated heterocycles. The van der Waals surface area contributed by atoms with Crippen LogP contribution >= 0.6 is 0 Å². The van der Waals surface area contributed by atoms with Gasteiger partial charge in [-0.2, -0.15) is 0 Å². The first-order valence-electron chi connectivity index (χ1n) is 4.46. The van der Waals surface area contributed by atoms with Crippen LogP contribution in [0.4, 0.5) is 0 Å². The summed E-state index contributed by atoms with van der Waals surface area (Å²) in [6.07, 6.45) is 2.94. The van der Waals surface area contributed by atoms with Gasteiger partial charge in [0, 0.05) is 19.2 Å². The van der Waals surface area contributed by atoms with Crippen LogP contribution in [0.1, 0.15) is 18.5 Å². The van der Waals surface area contributed by atoms with Gasteiger partial charge in [-0.15, -0.1) is 5.10 Å². The van der Waals surface area contributed by atoms with E-state index in [1.165, 1.54) is 4.90 Å². The lowest BCUT2D eigenvalue weighted by Gasteiger charge is -2.11. The molecule has 0 atom stereocenters. The fourth-order valence-corrected chi connectivity index (χ4v) is 1.47. The van der Waals surface area contributed by atoms with E-state index < -0.39 is 0 Å². The molecule has 2 rings (SSSR count). The van der Waals surface area contributed by atoms with Crippen LogP contribution in [0.25, 0.3) is 0 Å². The summed E-state index contributed by atoms with van der Waals surface area (Å²) in [5.41, 5.74) is 0.565. The van der Waals surface area contributed by atoms with Crippen molar-refractivity contribution >= 4 is 11.8 Å². The fourth-order valence-electron chi connectivity index (χ4n) is 1.47. The Hall–Kier alpha value is -1.72. The second-order valence-electron chi connectivity index (χ2n) is 3.18.